The van der Waals surface area contributed by atoms with Gasteiger partial charge in [0, 0.05) is 12.1 Å². The fourth-order valence-corrected chi connectivity index (χ4v) is 4.52. The Kier molecular flexibility index (Phi) is 5.23. The van der Waals surface area contributed by atoms with E-state index in [1.807, 2.05) is 36.4 Å². The average Bonchev–Trinajstić information content (AvgIpc) is 3.18. The lowest BCUT2D eigenvalue weighted by atomic mass is 9.93. The second kappa shape index (κ2) is 7.99. The summed E-state index contributed by atoms with van der Waals surface area (Å²) in [5, 5.41) is 9.08. The molecule has 0 spiro atoms. The Labute approximate surface area is 174 Å². The molecule has 0 bridgehead atoms. The number of amides is 2. The van der Waals surface area contributed by atoms with Gasteiger partial charge in [0.05, 0.1) is 36.7 Å². The summed E-state index contributed by atoms with van der Waals surface area (Å²) in [7, 11) is 1.35. The number of fused-ring (bicyclic) bond motifs is 1. The Morgan fingerprint density at radius 3 is 2.60 bits per heavy atom. The molecule has 2 aliphatic heterocycles. The van der Waals surface area contributed by atoms with Crippen LogP contribution in [0.15, 0.2) is 54.6 Å². The van der Waals surface area contributed by atoms with Crippen LogP contribution in [-0.2, 0) is 14.3 Å². The molecule has 0 aromatic heterocycles. The van der Waals surface area contributed by atoms with Gasteiger partial charge in [0.25, 0.3) is 5.91 Å². The second-order valence-corrected chi connectivity index (χ2v) is 7.55. The largest absolute Gasteiger partial charge is 0.469 e. The van der Waals surface area contributed by atoms with Crippen LogP contribution in [0, 0.1) is 17.2 Å². The number of ether oxygens (including phenoxy) is 1. The van der Waals surface area contributed by atoms with Crippen molar-refractivity contribution in [2.24, 2.45) is 5.92 Å². The van der Waals surface area contributed by atoms with Crippen molar-refractivity contribution in [2.45, 2.75) is 18.5 Å². The highest BCUT2D eigenvalue weighted by molar-refractivity contribution is 5.97. The fraction of sp³-hybridized carbons (Fsp3) is 0.304. The minimum atomic E-state index is -0.483. The number of hydrogen-bond donors (Lipinski definition) is 0. The molecule has 4 rings (SSSR count). The number of hydrogen-bond acceptors (Lipinski definition) is 5. The third kappa shape index (κ3) is 3.41. The minimum Gasteiger partial charge on any atom is -0.469 e. The molecule has 2 aromatic rings. The van der Waals surface area contributed by atoms with E-state index in [1.54, 1.807) is 23.1 Å². The standard InChI is InChI=1S/C23H21N3O4/c1-30-23(29)19-11-18-13-25(22(28)17-9-5-6-15(10-17)12-24)14-20(27)26(18)21(19)16-7-3-2-4-8-16/h2-10,18-19,21H,11,13-14H2,1H3/t18-,19-,21-/m0/s1. The fourth-order valence-electron chi connectivity index (χ4n) is 4.52. The number of nitriles is 1. The van der Waals surface area contributed by atoms with Crippen molar-refractivity contribution < 1.29 is 19.1 Å². The van der Waals surface area contributed by atoms with E-state index in [-0.39, 0.29) is 30.4 Å². The van der Waals surface area contributed by atoms with Crippen LogP contribution >= 0.6 is 0 Å². The Balaban J connectivity index is 1.62. The molecule has 3 atom stereocenters. The highest BCUT2D eigenvalue weighted by Gasteiger charge is 2.51. The van der Waals surface area contributed by atoms with Gasteiger partial charge in [-0.15, -0.1) is 0 Å². The number of methoxy groups -OCH3 is 1. The van der Waals surface area contributed by atoms with Crippen molar-refractivity contribution in [3.63, 3.8) is 0 Å². The SMILES string of the molecule is COC(=O)[C@H]1C[C@H]2CN(C(=O)c3cccc(C#N)c3)CC(=O)N2[C@H]1c1ccccc1. The van der Waals surface area contributed by atoms with Crippen molar-refractivity contribution >= 4 is 17.8 Å². The van der Waals surface area contributed by atoms with Crippen molar-refractivity contribution in [2.75, 3.05) is 20.2 Å². The highest BCUT2D eigenvalue weighted by Crippen LogP contribution is 2.43. The molecule has 2 heterocycles. The van der Waals surface area contributed by atoms with E-state index in [0.717, 1.165) is 5.56 Å². The van der Waals surface area contributed by atoms with E-state index in [1.165, 1.54) is 18.1 Å². The zero-order valence-corrected chi connectivity index (χ0v) is 16.5. The van der Waals surface area contributed by atoms with E-state index in [0.29, 0.717) is 24.1 Å². The van der Waals surface area contributed by atoms with Crippen molar-refractivity contribution in [3.8, 4) is 6.07 Å². The maximum Gasteiger partial charge on any atom is 0.311 e. The van der Waals surface area contributed by atoms with E-state index in [4.69, 9.17) is 10.00 Å². The summed E-state index contributed by atoms with van der Waals surface area (Å²) in [6.07, 6.45) is 0.431. The Morgan fingerprint density at radius 1 is 1.13 bits per heavy atom. The first-order valence-electron chi connectivity index (χ1n) is 9.77. The predicted molar refractivity (Wildman–Crippen MR) is 107 cm³/mol. The second-order valence-electron chi connectivity index (χ2n) is 7.55. The quantitative estimate of drug-likeness (QED) is 0.733. The molecule has 30 heavy (non-hydrogen) atoms. The van der Waals surface area contributed by atoms with E-state index in [2.05, 4.69) is 0 Å². The van der Waals surface area contributed by atoms with Crippen LogP contribution in [0.25, 0.3) is 0 Å². The van der Waals surface area contributed by atoms with Crippen molar-refractivity contribution in [1.82, 2.24) is 9.80 Å². The Bertz CT molecular complexity index is 1030. The molecule has 2 amide bonds. The van der Waals surface area contributed by atoms with Crippen LogP contribution < -0.4 is 0 Å². The van der Waals surface area contributed by atoms with E-state index >= 15 is 0 Å². The molecule has 2 saturated heterocycles. The lowest BCUT2D eigenvalue weighted by molar-refractivity contribution is -0.147. The topological polar surface area (TPSA) is 90.7 Å². The summed E-state index contributed by atoms with van der Waals surface area (Å²) < 4.78 is 5.01. The molecule has 0 N–H and O–H groups in total. The molecular weight excluding hydrogens is 382 g/mol. The van der Waals surface area contributed by atoms with Crippen LogP contribution in [0.1, 0.15) is 33.9 Å². The molecule has 2 fully saturated rings. The smallest absolute Gasteiger partial charge is 0.311 e. The Morgan fingerprint density at radius 2 is 1.90 bits per heavy atom. The molecule has 0 saturated carbocycles. The van der Waals surface area contributed by atoms with Gasteiger partial charge in [0.15, 0.2) is 0 Å². The molecule has 0 aliphatic carbocycles. The number of carbonyl (C=O) groups excluding carboxylic acids is 3. The van der Waals surface area contributed by atoms with Gasteiger partial charge < -0.3 is 14.5 Å². The molecule has 152 valence electrons. The minimum absolute atomic E-state index is 0.0661. The first kappa shape index (κ1) is 19.6. The van der Waals surface area contributed by atoms with Crippen LogP contribution in [0.4, 0.5) is 0 Å². The van der Waals surface area contributed by atoms with Gasteiger partial charge >= 0.3 is 5.97 Å². The summed E-state index contributed by atoms with van der Waals surface area (Å²) >= 11 is 0. The average molecular weight is 403 g/mol. The van der Waals surface area contributed by atoms with Crippen LogP contribution in [-0.4, -0.2) is 53.8 Å². The van der Waals surface area contributed by atoms with Gasteiger partial charge in [-0.05, 0) is 30.2 Å². The van der Waals surface area contributed by atoms with Crippen molar-refractivity contribution in [1.29, 1.82) is 5.26 Å². The normalized spacial score (nSPS) is 22.9. The third-order valence-corrected chi connectivity index (χ3v) is 5.82. The highest BCUT2D eigenvalue weighted by atomic mass is 16.5. The molecule has 2 aromatic carbocycles. The molecular formula is C23H21N3O4. The number of esters is 1. The van der Waals surface area contributed by atoms with Crippen LogP contribution in [0.5, 0.6) is 0 Å². The van der Waals surface area contributed by atoms with Gasteiger partial charge in [0.1, 0.15) is 6.54 Å². The summed E-state index contributed by atoms with van der Waals surface area (Å²) in [5.41, 5.74) is 1.64. The number of carbonyl (C=O) groups is 3. The first-order chi connectivity index (χ1) is 14.5. The number of benzene rings is 2. The zero-order chi connectivity index (χ0) is 21.3. The number of rotatable bonds is 3. The summed E-state index contributed by atoms with van der Waals surface area (Å²) in [5.74, 6) is -1.33. The monoisotopic (exact) mass is 403 g/mol. The van der Waals surface area contributed by atoms with Gasteiger partial charge in [-0.1, -0.05) is 36.4 Å². The maximum absolute atomic E-state index is 13.1. The van der Waals surface area contributed by atoms with E-state index in [9.17, 15) is 14.4 Å². The van der Waals surface area contributed by atoms with Crippen molar-refractivity contribution in [3.05, 3.63) is 71.3 Å². The third-order valence-electron chi connectivity index (χ3n) is 5.82. The van der Waals surface area contributed by atoms with Gasteiger partial charge in [-0.2, -0.15) is 5.26 Å². The van der Waals surface area contributed by atoms with E-state index < -0.39 is 12.0 Å². The van der Waals surface area contributed by atoms with Gasteiger partial charge in [-0.25, -0.2) is 0 Å². The lowest BCUT2D eigenvalue weighted by Crippen LogP contribution is -2.55. The number of piperazine rings is 1. The Hall–Kier alpha value is -3.66. The number of nitrogens with zero attached hydrogens (tertiary/aromatic N) is 3. The predicted octanol–water partition coefficient (Wildman–Crippen LogP) is 2.15. The maximum atomic E-state index is 13.1. The van der Waals surface area contributed by atoms with Crippen LogP contribution in [0.3, 0.4) is 0 Å². The molecule has 2 aliphatic rings. The molecule has 0 radical (unpaired) electrons. The van der Waals surface area contributed by atoms with Gasteiger partial charge in [-0.3, -0.25) is 14.4 Å². The lowest BCUT2D eigenvalue weighted by Gasteiger charge is -2.40. The first-order valence-corrected chi connectivity index (χ1v) is 9.77. The summed E-state index contributed by atoms with van der Waals surface area (Å²) in [6.45, 7) is 0.265. The van der Waals surface area contributed by atoms with Gasteiger partial charge in [0.2, 0.25) is 5.91 Å². The summed E-state index contributed by atoms with van der Waals surface area (Å²) in [6, 6.07) is 17.2. The molecule has 7 heteroatoms. The molecule has 7 nitrogen and oxygen atoms in total. The van der Waals surface area contributed by atoms with Crippen LogP contribution in [0.2, 0.25) is 0 Å². The zero-order valence-electron chi connectivity index (χ0n) is 16.5. The molecule has 0 unspecified atom stereocenters. The summed E-state index contributed by atoms with van der Waals surface area (Å²) in [4.78, 5) is 41.8.